The van der Waals surface area contributed by atoms with Crippen LogP contribution in [0.1, 0.15) is 18.5 Å². The minimum atomic E-state index is -0.352. The number of rotatable bonds is 4. The van der Waals surface area contributed by atoms with E-state index >= 15 is 0 Å². The van der Waals surface area contributed by atoms with Crippen LogP contribution in [-0.2, 0) is 0 Å². The molecule has 1 saturated carbocycles. The zero-order valence-corrected chi connectivity index (χ0v) is 20.3. The summed E-state index contributed by atoms with van der Waals surface area (Å²) in [5.74, 6) is -0.352. The van der Waals surface area contributed by atoms with Gasteiger partial charge in [-0.15, -0.1) is 0 Å². The fourth-order valence-corrected chi connectivity index (χ4v) is 4.43. The molecule has 2 aliphatic carbocycles. The number of benzene rings is 3. The first-order chi connectivity index (χ1) is 17.0. The summed E-state index contributed by atoms with van der Waals surface area (Å²) in [6.07, 6.45) is 3.91. The van der Waals surface area contributed by atoms with Gasteiger partial charge in [0.2, 0.25) is 0 Å². The van der Waals surface area contributed by atoms with E-state index in [-0.39, 0.29) is 5.82 Å². The average Bonchev–Trinajstić information content (AvgIpc) is 3.65. The van der Waals surface area contributed by atoms with E-state index < -0.39 is 0 Å². The van der Waals surface area contributed by atoms with Crippen molar-refractivity contribution in [3.8, 4) is 17.1 Å². The van der Waals surface area contributed by atoms with Gasteiger partial charge >= 0.3 is 0 Å². The Kier molecular flexibility index (Phi) is 5.43. The van der Waals surface area contributed by atoms with Crippen molar-refractivity contribution >= 4 is 45.6 Å². The first kappa shape index (κ1) is 22.0. The molecule has 174 valence electrons. The Hall–Kier alpha value is -3.48. The quantitative estimate of drug-likeness (QED) is 0.266. The highest BCUT2D eigenvalue weighted by molar-refractivity contribution is 6.42. The molecular weight excluding hydrogens is 484 g/mol. The largest absolute Gasteiger partial charge is 0.352 e. The van der Waals surface area contributed by atoms with Crippen LogP contribution in [0.3, 0.4) is 0 Å². The monoisotopic (exact) mass is 503 g/mol. The first-order valence-corrected chi connectivity index (χ1v) is 12.1. The third-order valence-corrected chi connectivity index (χ3v) is 6.80. The summed E-state index contributed by atoms with van der Waals surface area (Å²) >= 11 is 12.6. The van der Waals surface area contributed by atoms with Crippen LogP contribution in [-0.4, -0.2) is 20.6 Å². The number of aromatic nitrogens is 3. The average molecular weight is 504 g/mol. The van der Waals surface area contributed by atoms with Crippen LogP contribution < -0.4 is 10.7 Å². The Balaban J connectivity index is 1.66. The third-order valence-electron chi connectivity index (χ3n) is 6.06. The third kappa shape index (κ3) is 4.24. The molecule has 35 heavy (non-hydrogen) atoms. The number of fused-ring (bicyclic) bond motifs is 2. The Morgan fingerprint density at radius 2 is 1.86 bits per heavy atom. The van der Waals surface area contributed by atoms with E-state index in [1.165, 1.54) is 12.1 Å². The highest BCUT2D eigenvalue weighted by atomic mass is 35.5. The summed E-state index contributed by atoms with van der Waals surface area (Å²) in [5.41, 5.74) is 6.18. The van der Waals surface area contributed by atoms with E-state index in [2.05, 4.69) is 10.3 Å². The van der Waals surface area contributed by atoms with Gasteiger partial charge in [-0.2, -0.15) is 0 Å². The van der Waals surface area contributed by atoms with Crippen LogP contribution in [0, 0.1) is 12.7 Å². The second kappa shape index (κ2) is 8.63. The van der Waals surface area contributed by atoms with Crippen molar-refractivity contribution in [1.29, 1.82) is 0 Å². The van der Waals surface area contributed by atoms with Gasteiger partial charge in [-0.25, -0.2) is 9.37 Å². The standard InChI is InChI=1S/C27H20Cl2FN5/c1-15-21(3-2-10-31-15)33-22-13-25-27(14-23(22)32-17-5-6-17)35(18-7-8-19(28)20(29)12-18)26-9-4-16(30)11-24(26)34-25/h2-4,7-14,17,33H,5-6H2,1H3/b32-23+. The molecule has 1 N–H and O–H groups in total. The smallest absolute Gasteiger partial charge is 0.125 e. The fourth-order valence-electron chi connectivity index (χ4n) is 4.14. The molecule has 0 bridgehead atoms. The molecule has 0 unspecified atom stereocenters. The predicted molar refractivity (Wildman–Crippen MR) is 139 cm³/mol. The maximum absolute atomic E-state index is 14.2. The SMILES string of the molecule is Cc1ncccc1Nc1cc2nc3cc(F)ccc3n(-c3ccc(Cl)c(Cl)c3)c-2c/c1=N\C1CC1. The molecule has 0 amide bonds. The topological polar surface area (TPSA) is 55.1 Å². The van der Waals surface area contributed by atoms with Crippen LogP contribution in [0.2, 0.25) is 10.0 Å². The van der Waals surface area contributed by atoms with Gasteiger partial charge in [-0.1, -0.05) is 23.2 Å². The van der Waals surface area contributed by atoms with Crippen LogP contribution in [0.15, 0.2) is 71.9 Å². The minimum absolute atomic E-state index is 0.309. The molecule has 2 heterocycles. The Bertz CT molecular complexity index is 1640. The number of aryl methyl sites for hydroxylation is 1. The lowest BCUT2D eigenvalue weighted by molar-refractivity contribution is 0.629. The van der Waals surface area contributed by atoms with Gasteiger partial charge in [0.1, 0.15) is 5.82 Å². The fraction of sp³-hybridized carbons (Fsp3) is 0.148. The first-order valence-electron chi connectivity index (χ1n) is 11.3. The highest BCUT2D eigenvalue weighted by Gasteiger charge is 2.22. The van der Waals surface area contributed by atoms with Gasteiger partial charge in [-0.3, -0.25) is 9.98 Å². The van der Waals surface area contributed by atoms with Crippen LogP contribution in [0.25, 0.3) is 28.1 Å². The van der Waals surface area contributed by atoms with Crippen molar-refractivity contribution in [3.05, 3.63) is 93.8 Å². The van der Waals surface area contributed by atoms with Crippen LogP contribution in [0.5, 0.6) is 0 Å². The number of pyridine rings is 1. The lowest BCUT2D eigenvalue weighted by Gasteiger charge is -2.21. The van der Waals surface area contributed by atoms with Gasteiger partial charge < -0.3 is 9.88 Å². The molecule has 1 fully saturated rings. The second-order valence-electron chi connectivity index (χ2n) is 8.66. The number of halogens is 3. The van der Waals surface area contributed by atoms with Crippen molar-refractivity contribution in [2.24, 2.45) is 4.99 Å². The molecule has 0 saturated heterocycles. The molecule has 0 atom stereocenters. The summed E-state index contributed by atoms with van der Waals surface area (Å²) in [6, 6.07) is 18.2. The molecular formula is C27H20Cl2FN5. The van der Waals surface area contributed by atoms with Crippen molar-refractivity contribution in [3.63, 3.8) is 0 Å². The molecule has 0 spiro atoms. The molecule has 3 aliphatic rings. The Morgan fingerprint density at radius 1 is 1.00 bits per heavy atom. The lowest BCUT2D eigenvalue weighted by atomic mass is 10.1. The zero-order chi connectivity index (χ0) is 24.1. The van der Waals surface area contributed by atoms with Gasteiger partial charge in [0, 0.05) is 18.0 Å². The number of anilines is 2. The van der Waals surface area contributed by atoms with E-state index in [9.17, 15) is 4.39 Å². The minimum Gasteiger partial charge on any atom is -0.352 e. The molecule has 6 rings (SSSR count). The number of hydrogen-bond donors (Lipinski definition) is 1. The molecule has 2 aromatic carbocycles. The zero-order valence-electron chi connectivity index (χ0n) is 18.8. The molecule has 3 aromatic rings. The van der Waals surface area contributed by atoms with E-state index in [0.29, 0.717) is 27.3 Å². The summed E-state index contributed by atoms with van der Waals surface area (Å²) in [4.78, 5) is 14.2. The lowest BCUT2D eigenvalue weighted by Crippen LogP contribution is -2.16. The summed E-state index contributed by atoms with van der Waals surface area (Å²) in [7, 11) is 0. The van der Waals surface area contributed by atoms with Crippen LogP contribution in [0.4, 0.5) is 15.8 Å². The second-order valence-corrected chi connectivity index (χ2v) is 9.47. The highest BCUT2D eigenvalue weighted by Crippen LogP contribution is 2.33. The van der Waals surface area contributed by atoms with Crippen molar-refractivity contribution < 1.29 is 4.39 Å². The van der Waals surface area contributed by atoms with Gasteiger partial charge in [0.15, 0.2) is 0 Å². The molecule has 0 radical (unpaired) electrons. The molecule has 1 aromatic heterocycles. The number of nitrogens with one attached hydrogen (secondary N) is 1. The summed E-state index contributed by atoms with van der Waals surface area (Å²) in [5, 5.41) is 5.22. The maximum Gasteiger partial charge on any atom is 0.125 e. The van der Waals surface area contributed by atoms with E-state index in [0.717, 1.165) is 52.2 Å². The summed E-state index contributed by atoms with van der Waals surface area (Å²) in [6.45, 7) is 1.95. The van der Waals surface area contributed by atoms with Crippen molar-refractivity contribution in [2.75, 3.05) is 5.32 Å². The van der Waals surface area contributed by atoms with E-state index in [1.54, 1.807) is 24.4 Å². The van der Waals surface area contributed by atoms with Gasteiger partial charge in [-0.05, 0) is 74.4 Å². The van der Waals surface area contributed by atoms with Crippen molar-refractivity contribution in [2.45, 2.75) is 25.8 Å². The van der Waals surface area contributed by atoms with Gasteiger partial charge in [0.05, 0.1) is 60.9 Å². The van der Waals surface area contributed by atoms with E-state index in [4.69, 9.17) is 33.2 Å². The van der Waals surface area contributed by atoms with Crippen LogP contribution >= 0.6 is 23.2 Å². The molecule has 1 aliphatic heterocycles. The number of nitrogens with zero attached hydrogens (tertiary/aromatic N) is 4. The van der Waals surface area contributed by atoms with Gasteiger partial charge in [0.25, 0.3) is 0 Å². The maximum atomic E-state index is 14.2. The summed E-state index contributed by atoms with van der Waals surface area (Å²) < 4.78 is 16.2. The molecule has 5 nitrogen and oxygen atoms in total. The molecule has 8 heteroatoms. The Labute approximate surface area is 211 Å². The van der Waals surface area contributed by atoms with Crippen molar-refractivity contribution in [1.82, 2.24) is 14.5 Å². The predicted octanol–water partition coefficient (Wildman–Crippen LogP) is 7.09. The normalized spacial score (nSPS) is 14.1. The van der Waals surface area contributed by atoms with E-state index in [1.807, 2.05) is 41.8 Å². The Morgan fingerprint density at radius 3 is 2.63 bits per heavy atom. The number of hydrogen-bond acceptors (Lipinski definition) is 4.